The predicted octanol–water partition coefficient (Wildman–Crippen LogP) is 3.99. The lowest BCUT2D eigenvalue weighted by Gasteiger charge is -2.35. The number of amides is 1. The van der Waals surface area contributed by atoms with Crippen molar-refractivity contribution < 1.29 is 20.8 Å². The molecule has 33 heavy (non-hydrogen) atoms. The normalized spacial score (nSPS) is 18.6. The first-order chi connectivity index (χ1) is 16.1. The molecule has 8 nitrogen and oxygen atoms in total. The van der Waals surface area contributed by atoms with E-state index in [1.54, 1.807) is 17.0 Å². The molecule has 1 amide bonds. The monoisotopic (exact) mass is 450 g/mol. The zero-order valence-corrected chi connectivity index (χ0v) is 18.7. The Hall–Kier alpha value is -3.39. The van der Waals surface area contributed by atoms with E-state index in [4.69, 9.17) is 19.4 Å². The van der Waals surface area contributed by atoms with Gasteiger partial charge in [0, 0.05) is 39.6 Å². The van der Waals surface area contributed by atoms with Crippen molar-refractivity contribution in [3.8, 4) is 17.1 Å². The highest BCUT2D eigenvalue weighted by molar-refractivity contribution is 5.92. The smallest absolute Gasteiger partial charge is 0.409 e. The third kappa shape index (κ3) is 4.57. The van der Waals surface area contributed by atoms with Crippen molar-refractivity contribution in [2.45, 2.75) is 25.9 Å². The number of hydrogen-bond donors (Lipinski definition) is 1. The van der Waals surface area contributed by atoms with Crippen LogP contribution in [-0.4, -0.2) is 71.6 Å². The van der Waals surface area contributed by atoms with Crippen molar-refractivity contribution >= 4 is 22.8 Å². The Morgan fingerprint density at radius 1 is 1.18 bits per heavy atom. The highest BCUT2D eigenvalue weighted by Crippen LogP contribution is 2.32. The van der Waals surface area contributed by atoms with Gasteiger partial charge in [-0.05, 0) is 49.6 Å². The fraction of sp³-hybridized carbons (Fsp3) is 0.400. The molecule has 2 saturated heterocycles. The minimum Gasteiger partial charge on any atom is -0.507 e. The lowest BCUT2D eigenvalue weighted by atomic mass is 10.1. The maximum absolute atomic E-state index is 12.5. The number of nitrogens with zero attached hydrogens (tertiary/aromatic N) is 4. The molecule has 2 fully saturated rings. The van der Waals surface area contributed by atoms with Crippen molar-refractivity contribution in [3.63, 3.8) is 0 Å². The minimum atomic E-state index is -0.289. The Morgan fingerprint density at radius 3 is 2.76 bits per heavy atom. The number of phenolic OH excluding ortho intramolecular Hbond substituents is 1. The molecule has 174 valence electrons. The number of para-hydroxylation sites is 1. The predicted molar refractivity (Wildman–Crippen MR) is 128 cm³/mol. The second kappa shape index (κ2) is 9.23. The molecule has 2 aromatic carbocycles. The second-order valence-corrected chi connectivity index (χ2v) is 8.59. The van der Waals surface area contributed by atoms with E-state index in [9.17, 15) is 9.90 Å². The van der Waals surface area contributed by atoms with Crippen LogP contribution < -0.4 is 4.90 Å². The molecule has 0 radical (unpaired) electrons. The van der Waals surface area contributed by atoms with Crippen LogP contribution in [0.15, 0.2) is 42.5 Å². The standard InChI is InChI=1S/C25H28N4O4.H2/c1-17-8-9-19-21(15-17)26-23(20-6-2-3-7-22(20)30)27-24(19)28-10-12-29(13-11-28)25(31)33-16-18-5-4-14-32-18;/h2-3,6-9,15,18,30H,4-5,10-14,16H2,1H3;1H. The van der Waals surface area contributed by atoms with Crippen LogP contribution in [0, 0.1) is 6.92 Å². The van der Waals surface area contributed by atoms with Gasteiger partial charge >= 0.3 is 6.09 Å². The van der Waals surface area contributed by atoms with Crippen LogP contribution in [0.3, 0.4) is 0 Å². The summed E-state index contributed by atoms with van der Waals surface area (Å²) in [6, 6.07) is 13.2. The molecule has 0 saturated carbocycles. The molecule has 1 aromatic heterocycles. The summed E-state index contributed by atoms with van der Waals surface area (Å²) in [5.41, 5.74) is 2.53. The molecule has 3 heterocycles. The number of aromatic hydroxyl groups is 1. The van der Waals surface area contributed by atoms with E-state index in [0.29, 0.717) is 44.2 Å². The zero-order chi connectivity index (χ0) is 22.8. The van der Waals surface area contributed by atoms with Crippen LogP contribution in [0.1, 0.15) is 19.8 Å². The molecule has 1 N–H and O–H groups in total. The van der Waals surface area contributed by atoms with Gasteiger partial charge in [0.05, 0.1) is 17.2 Å². The molecule has 5 rings (SSSR count). The molecule has 0 spiro atoms. The van der Waals surface area contributed by atoms with E-state index >= 15 is 0 Å². The fourth-order valence-electron chi connectivity index (χ4n) is 4.38. The van der Waals surface area contributed by atoms with Crippen LogP contribution in [0.2, 0.25) is 0 Å². The van der Waals surface area contributed by atoms with E-state index in [-0.39, 0.29) is 19.4 Å². The maximum Gasteiger partial charge on any atom is 0.409 e. The van der Waals surface area contributed by atoms with Crippen LogP contribution >= 0.6 is 0 Å². The number of hydrogen-bond acceptors (Lipinski definition) is 7. The van der Waals surface area contributed by atoms with E-state index in [1.807, 2.05) is 37.3 Å². The van der Waals surface area contributed by atoms with E-state index in [1.165, 1.54) is 0 Å². The summed E-state index contributed by atoms with van der Waals surface area (Å²) in [6.07, 6.45) is 1.71. The number of rotatable bonds is 4. The number of anilines is 1. The molecule has 2 aliphatic heterocycles. The Labute approximate surface area is 194 Å². The van der Waals surface area contributed by atoms with Gasteiger partial charge in [0.1, 0.15) is 18.2 Å². The van der Waals surface area contributed by atoms with Gasteiger partial charge in [0.2, 0.25) is 0 Å². The van der Waals surface area contributed by atoms with Gasteiger partial charge in [-0.1, -0.05) is 18.2 Å². The molecule has 3 aromatic rings. The van der Waals surface area contributed by atoms with Gasteiger partial charge in [-0.3, -0.25) is 0 Å². The number of benzene rings is 2. The summed E-state index contributed by atoms with van der Waals surface area (Å²) in [5, 5.41) is 11.3. The van der Waals surface area contributed by atoms with E-state index < -0.39 is 0 Å². The van der Waals surface area contributed by atoms with Crippen molar-refractivity contribution in [1.82, 2.24) is 14.9 Å². The topological polar surface area (TPSA) is 88.0 Å². The molecule has 0 aliphatic carbocycles. The van der Waals surface area contributed by atoms with Crippen LogP contribution in [-0.2, 0) is 9.47 Å². The highest BCUT2D eigenvalue weighted by atomic mass is 16.6. The number of phenols is 1. The maximum atomic E-state index is 12.5. The second-order valence-electron chi connectivity index (χ2n) is 8.59. The first-order valence-corrected chi connectivity index (χ1v) is 11.4. The van der Waals surface area contributed by atoms with Crippen LogP contribution in [0.5, 0.6) is 5.75 Å². The molecule has 1 unspecified atom stereocenters. The number of aryl methyl sites for hydroxylation is 1. The lowest BCUT2D eigenvalue weighted by molar-refractivity contribution is 0.0293. The summed E-state index contributed by atoms with van der Waals surface area (Å²) in [7, 11) is 0. The zero-order valence-electron chi connectivity index (χ0n) is 18.7. The summed E-state index contributed by atoms with van der Waals surface area (Å²) in [6.45, 7) is 5.46. The SMILES string of the molecule is Cc1ccc2c(N3CCN(C(=O)OCC4CCCO4)CC3)nc(-c3ccccc3O)nc2c1.[HH]. The number of aromatic nitrogens is 2. The fourth-order valence-corrected chi connectivity index (χ4v) is 4.38. The van der Waals surface area contributed by atoms with Crippen LogP contribution in [0.25, 0.3) is 22.3 Å². The minimum absolute atomic E-state index is 0. The van der Waals surface area contributed by atoms with Gasteiger partial charge in [-0.25, -0.2) is 14.8 Å². The Morgan fingerprint density at radius 2 is 2.00 bits per heavy atom. The van der Waals surface area contributed by atoms with Crippen molar-refractivity contribution in [2.75, 3.05) is 44.3 Å². The van der Waals surface area contributed by atoms with Gasteiger partial charge in [-0.15, -0.1) is 0 Å². The largest absolute Gasteiger partial charge is 0.507 e. The van der Waals surface area contributed by atoms with Crippen molar-refractivity contribution in [3.05, 3.63) is 48.0 Å². The van der Waals surface area contributed by atoms with Crippen molar-refractivity contribution in [2.24, 2.45) is 0 Å². The van der Waals surface area contributed by atoms with Crippen LogP contribution in [0.4, 0.5) is 10.6 Å². The Kier molecular flexibility index (Phi) is 6.00. The third-order valence-corrected chi connectivity index (χ3v) is 6.23. The molecular weight excluding hydrogens is 420 g/mol. The quantitative estimate of drug-likeness (QED) is 0.643. The number of carbonyl (C=O) groups is 1. The number of piperazine rings is 1. The van der Waals surface area contributed by atoms with Gasteiger partial charge < -0.3 is 24.4 Å². The number of ether oxygens (including phenoxy) is 2. The Bertz CT molecular complexity index is 1160. The number of carbonyl (C=O) groups excluding carboxylic acids is 1. The van der Waals surface area contributed by atoms with Crippen molar-refractivity contribution in [1.29, 1.82) is 0 Å². The molecule has 1 atom stereocenters. The molecule has 0 bridgehead atoms. The summed E-state index contributed by atoms with van der Waals surface area (Å²) in [5.74, 6) is 1.44. The summed E-state index contributed by atoms with van der Waals surface area (Å²) in [4.78, 5) is 26.0. The molecule has 8 heteroatoms. The first kappa shape index (κ1) is 21.5. The van der Waals surface area contributed by atoms with E-state index in [2.05, 4.69) is 4.90 Å². The summed E-state index contributed by atoms with van der Waals surface area (Å²) >= 11 is 0. The average Bonchev–Trinajstić information content (AvgIpc) is 3.36. The molecular formula is C25H30N4O4. The summed E-state index contributed by atoms with van der Waals surface area (Å²) < 4.78 is 11.0. The first-order valence-electron chi connectivity index (χ1n) is 11.4. The Balaban J connectivity index is 0.00000274. The van der Waals surface area contributed by atoms with Gasteiger partial charge in [0.15, 0.2) is 5.82 Å². The third-order valence-electron chi connectivity index (χ3n) is 6.23. The molecule has 2 aliphatic rings. The average molecular weight is 451 g/mol. The lowest BCUT2D eigenvalue weighted by Crippen LogP contribution is -2.49. The van der Waals surface area contributed by atoms with E-state index in [0.717, 1.165) is 41.7 Å². The van der Waals surface area contributed by atoms with Gasteiger partial charge in [0.25, 0.3) is 0 Å². The highest BCUT2D eigenvalue weighted by Gasteiger charge is 2.26. The van der Waals surface area contributed by atoms with Gasteiger partial charge in [-0.2, -0.15) is 0 Å². The number of fused-ring (bicyclic) bond motifs is 1.